The SMILES string of the molecule is S=C(NCC1CCCO1)N/N=C/c1cccc(Cl)c1Cl. The van der Waals surface area contributed by atoms with Crippen LogP contribution in [0.3, 0.4) is 0 Å². The Hall–Kier alpha value is -0.880. The molecular formula is C13H15Cl2N3OS. The average Bonchev–Trinajstić information content (AvgIpc) is 2.94. The van der Waals surface area contributed by atoms with Crippen LogP contribution >= 0.6 is 35.4 Å². The van der Waals surface area contributed by atoms with Gasteiger partial charge in [0.05, 0.1) is 22.4 Å². The van der Waals surface area contributed by atoms with E-state index in [1.807, 2.05) is 12.1 Å². The van der Waals surface area contributed by atoms with Crippen LogP contribution in [0.4, 0.5) is 0 Å². The van der Waals surface area contributed by atoms with E-state index in [1.165, 1.54) is 0 Å². The Balaban J connectivity index is 1.77. The molecule has 1 fully saturated rings. The van der Waals surface area contributed by atoms with Crippen LogP contribution in [0.5, 0.6) is 0 Å². The number of rotatable bonds is 4. The lowest BCUT2D eigenvalue weighted by Crippen LogP contribution is -2.37. The standard InChI is InChI=1S/C13H15Cl2N3OS/c14-11-5-1-3-9(12(11)15)7-17-18-13(20)16-8-10-4-2-6-19-10/h1,3,5,7,10H,2,4,6,8H2,(H2,16,18,20)/b17-7+. The van der Waals surface area contributed by atoms with E-state index in [1.54, 1.807) is 12.3 Å². The molecule has 2 N–H and O–H groups in total. The summed E-state index contributed by atoms with van der Waals surface area (Å²) in [6.45, 7) is 1.53. The van der Waals surface area contributed by atoms with Crippen LogP contribution < -0.4 is 10.7 Å². The number of nitrogens with one attached hydrogen (secondary N) is 2. The highest BCUT2D eigenvalue weighted by Gasteiger charge is 2.14. The number of ether oxygens (including phenoxy) is 1. The molecule has 0 amide bonds. The molecule has 1 saturated heterocycles. The van der Waals surface area contributed by atoms with E-state index in [0.717, 1.165) is 25.0 Å². The quantitative estimate of drug-likeness (QED) is 0.506. The molecule has 7 heteroatoms. The zero-order valence-electron chi connectivity index (χ0n) is 10.7. The van der Waals surface area contributed by atoms with Crippen molar-refractivity contribution in [3.8, 4) is 0 Å². The fourth-order valence-electron chi connectivity index (χ4n) is 1.83. The molecule has 1 aromatic rings. The zero-order chi connectivity index (χ0) is 14.4. The van der Waals surface area contributed by atoms with Crippen LogP contribution in [0.2, 0.25) is 10.0 Å². The second-order valence-electron chi connectivity index (χ2n) is 4.36. The summed E-state index contributed by atoms with van der Waals surface area (Å²) in [5.41, 5.74) is 3.46. The van der Waals surface area contributed by atoms with Gasteiger partial charge in [0, 0.05) is 18.7 Å². The summed E-state index contributed by atoms with van der Waals surface area (Å²) in [5.74, 6) is 0. The third-order valence-electron chi connectivity index (χ3n) is 2.87. The van der Waals surface area contributed by atoms with Crippen molar-refractivity contribution >= 4 is 46.7 Å². The number of benzene rings is 1. The van der Waals surface area contributed by atoms with Gasteiger partial charge in [0.2, 0.25) is 0 Å². The lowest BCUT2D eigenvalue weighted by atomic mass is 10.2. The van der Waals surface area contributed by atoms with Gasteiger partial charge in [-0.1, -0.05) is 35.3 Å². The maximum absolute atomic E-state index is 6.04. The fraction of sp³-hybridized carbons (Fsp3) is 0.385. The molecular weight excluding hydrogens is 317 g/mol. The first-order valence-corrected chi connectivity index (χ1v) is 7.46. The lowest BCUT2D eigenvalue weighted by Gasteiger charge is -2.11. The van der Waals surface area contributed by atoms with Crippen molar-refractivity contribution in [2.75, 3.05) is 13.2 Å². The molecule has 1 aliphatic rings. The van der Waals surface area contributed by atoms with E-state index in [0.29, 0.717) is 21.7 Å². The Morgan fingerprint density at radius 3 is 3.10 bits per heavy atom. The van der Waals surface area contributed by atoms with Gasteiger partial charge in [0.1, 0.15) is 0 Å². The van der Waals surface area contributed by atoms with Crippen LogP contribution in [0.1, 0.15) is 18.4 Å². The third-order valence-corrected chi connectivity index (χ3v) is 3.93. The minimum absolute atomic E-state index is 0.237. The molecule has 0 saturated carbocycles. The van der Waals surface area contributed by atoms with Crippen LogP contribution in [0.25, 0.3) is 0 Å². The van der Waals surface area contributed by atoms with Crippen molar-refractivity contribution in [1.29, 1.82) is 0 Å². The summed E-state index contributed by atoms with van der Waals surface area (Å²) in [6.07, 6.45) is 3.99. The molecule has 1 atom stereocenters. The van der Waals surface area contributed by atoms with E-state index >= 15 is 0 Å². The zero-order valence-corrected chi connectivity index (χ0v) is 13.1. The predicted octanol–water partition coefficient (Wildman–Crippen LogP) is 2.97. The summed E-state index contributed by atoms with van der Waals surface area (Å²) < 4.78 is 5.49. The monoisotopic (exact) mass is 331 g/mol. The van der Waals surface area contributed by atoms with Gasteiger partial charge in [0.15, 0.2) is 5.11 Å². The number of halogens is 2. The minimum atomic E-state index is 0.237. The minimum Gasteiger partial charge on any atom is -0.376 e. The maximum atomic E-state index is 6.04. The molecule has 1 unspecified atom stereocenters. The van der Waals surface area contributed by atoms with Gasteiger partial charge >= 0.3 is 0 Å². The molecule has 0 spiro atoms. The molecule has 2 rings (SSSR count). The number of hydrogen-bond acceptors (Lipinski definition) is 3. The summed E-state index contributed by atoms with van der Waals surface area (Å²) in [5, 5.41) is 8.50. The largest absolute Gasteiger partial charge is 0.376 e. The molecule has 1 heterocycles. The van der Waals surface area contributed by atoms with E-state index in [-0.39, 0.29) is 6.10 Å². The molecule has 20 heavy (non-hydrogen) atoms. The molecule has 4 nitrogen and oxygen atoms in total. The van der Waals surface area contributed by atoms with Gasteiger partial charge in [-0.2, -0.15) is 5.10 Å². The maximum Gasteiger partial charge on any atom is 0.187 e. The van der Waals surface area contributed by atoms with Gasteiger partial charge in [-0.3, -0.25) is 5.43 Å². The number of hydrogen-bond donors (Lipinski definition) is 2. The second kappa shape index (κ2) is 7.78. The summed E-state index contributed by atoms with van der Waals surface area (Å²) in [7, 11) is 0. The van der Waals surface area contributed by atoms with Crippen LogP contribution in [-0.4, -0.2) is 30.6 Å². The Labute approximate surface area is 133 Å². The summed E-state index contributed by atoms with van der Waals surface area (Å²) in [6, 6.07) is 5.36. The number of thiocarbonyl (C=S) groups is 1. The summed E-state index contributed by atoms with van der Waals surface area (Å²) >= 11 is 17.1. The molecule has 108 valence electrons. The van der Waals surface area contributed by atoms with Gasteiger partial charge in [-0.15, -0.1) is 0 Å². The van der Waals surface area contributed by atoms with E-state index < -0.39 is 0 Å². The van der Waals surface area contributed by atoms with Gasteiger partial charge < -0.3 is 10.1 Å². The Morgan fingerprint density at radius 1 is 1.50 bits per heavy atom. The highest BCUT2D eigenvalue weighted by Crippen LogP contribution is 2.24. The highest BCUT2D eigenvalue weighted by molar-refractivity contribution is 7.80. The van der Waals surface area contributed by atoms with Crippen molar-refractivity contribution in [2.24, 2.45) is 5.10 Å². The molecule has 0 bridgehead atoms. The Bertz CT molecular complexity index is 504. The Morgan fingerprint density at radius 2 is 2.35 bits per heavy atom. The number of nitrogens with zero attached hydrogens (tertiary/aromatic N) is 1. The van der Waals surface area contributed by atoms with E-state index in [4.69, 9.17) is 40.2 Å². The first kappa shape index (κ1) is 15.5. The molecule has 0 aromatic heterocycles. The number of hydrazone groups is 1. The van der Waals surface area contributed by atoms with Crippen molar-refractivity contribution < 1.29 is 4.74 Å². The highest BCUT2D eigenvalue weighted by atomic mass is 35.5. The average molecular weight is 332 g/mol. The predicted molar refractivity (Wildman–Crippen MR) is 86.8 cm³/mol. The topological polar surface area (TPSA) is 45.6 Å². The molecule has 1 aliphatic heterocycles. The van der Waals surface area contributed by atoms with Gasteiger partial charge in [0.25, 0.3) is 0 Å². The lowest BCUT2D eigenvalue weighted by molar-refractivity contribution is 0.114. The van der Waals surface area contributed by atoms with Crippen LogP contribution in [-0.2, 0) is 4.74 Å². The molecule has 0 radical (unpaired) electrons. The third kappa shape index (κ3) is 4.59. The second-order valence-corrected chi connectivity index (χ2v) is 5.55. The summed E-state index contributed by atoms with van der Waals surface area (Å²) in [4.78, 5) is 0. The van der Waals surface area contributed by atoms with Gasteiger partial charge in [-0.05, 0) is 31.1 Å². The molecule has 1 aromatic carbocycles. The van der Waals surface area contributed by atoms with E-state index in [2.05, 4.69) is 15.8 Å². The van der Waals surface area contributed by atoms with Gasteiger partial charge in [-0.25, -0.2) is 0 Å². The molecule has 0 aliphatic carbocycles. The van der Waals surface area contributed by atoms with Crippen LogP contribution in [0, 0.1) is 0 Å². The van der Waals surface area contributed by atoms with Crippen molar-refractivity contribution in [2.45, 2.75) is 18.9 Å². The van der Waals surface area contributed by atoms with Crippen LogP contribution in [0.15, 0.2) is 23.3 Å². The normalized spacial score (nSPS) is 18.4. The van der Waals surface area contributed by atoms with Crippen molar-refractivity contribution in [3.63, 3.8) is 0 Å². The van der Waals surface area contributed by atoms with E-state index in [9.17, 15) is 0 Å². The van der Waals surface area contributed by atoms with Crippen molar-refractivity contribution in [1.82, 2.24) is 10.7 Å². The first-order chi connectivity index (χ1) is 9.66. The fourth-order valence-corrected chi connectivity index (χ4v) is 2.32. The Kier molecular flexibility index (Phi) is 6.04. The van der Waals surface area contributed by atoms with Crippen molar-refractivity contribution in [3.05, 3.63) is 33.8 Å². The smallest absolute Gasteiger partial charge is 0.187 e. The first-order valence-electron chi connectivity index (χ1n) is 6.29.